The van der Waals surface area contributed by atoms with E-state index < -0.39 is 19.8 Å². The molecule has 0 aromatic carbocycles. The minimum absolute atomic E-state index is 0. The number of nitrogens with zero attached hydrogens (tertiary/aromatic N) is 2. The van der Waals surface area contributed by atoms with Crippen LogP contribution in [0.5, 0.6) is 0 Å². The summed E-state index contributed by atoms with van der Waals surface area (Å²) >= 11 is 0. The van der Waals surface area contributed by atoms with Crippen LogP contribution in [-0.2, 0) is 14.2 Å². The number of nitrogens with one attached hydrogen (secondary N) is 2. The summed E-state index contributed by atoms with van der Waals surface area (Å²) in [6.45, 7) is -0.454. The molecule has 17 heteroatoms. The van der Waals surface area contributed by atoms with Crippen LogP contribution in [0, 0.1) is 10.8 Å². The van der Waals surface area contributed by atoms with E-state index in [-0.39, 0.29) is 84.1 Å². The van der Waals surface area contributed by atoms with E-state index in [2.05, 4.69) is 0 Å². The van der Waals surface area contributed by atoms with Crippen molar-refractivity contribution in [3.05, 3.63) is 0 Å². The molecule has 0 saturated carbocycles. The fourth-order valence-corrected chi connectivity index (χ4v) is 0.576. The van der Waals surface area contributed by atoms with Gasteiger partial charge in [0.05, 0.1) is 7.82 Å². The van der Waals surface area contributed by atoms with Crippen LogP contribution in [0.3, 0.4) is 0 Å². The molecule has 0 spiro atoms. The number of hydrogen-bond acceptors (Lipinski definition) is 7. The Kier molecular flexibility index (Phi) is 26.2. The Morgan fingerprint density at radius 2 is 1.12 bits per heavy atom. The van der Waals surface area contributed by atoms with E-state index in [1.807, 2.05) is 0 Å². The number of likely N-dealkylation sites (N-methyl/N-ethyl adjacent to an activating group) is 2. The van der Waals surface area contributed by atoms with Crippen LogP contribution in [0.2, 0.25) is 0 Å². The van der Waals surface area contributed by atoms with E-state index in [0.717, 1.165) is 9.80 Å². The molecule has 0 saturated heterocycles. The minimum atomic E-state index is -5.14. The van der Waals surface area contributed by atoms with E-state index in [0.29, 0.717) is 0 Å². The van der Waals surface area contributed by atoms with Gasteiger partial charge in [-0.05, 0) is 0 Å². The molecule has 0 fully saturated rings. The summed E-state index contributed by atoms with van der Waals surface area (Å²) in [7, 11) is -2.26. The number of carboxylic acid groups (broad SMARTS) is 2. The van der Waals surface area contributed by atoms with Gasteiger partial charge in [0.25, 0.3) is 0 Å². The number of rotatable bonds is 4. The van der Waals surface area contributed by atoms with Gasteiger partial charge < -0.3 is 50.7 Å². The molecule has 0 aromatic rings. The molecule has 0 aliphatic carbocycles. The van der Waals surface area contributed by atoms with Gasteiger partial charge in [0.2, 0.25) is 0 Å². The van der Waals surface area contributed by atoms with Crippen LogP contribution in [0.4, 0.5) is 0 Å². The Balaban J connectivity index is -0.0000000800. The third-order valence-electron chi connectivity index (χ3n) is 1.57. The van der Waals surface area contributed by atoms with Crippen molar-refractivity contribution in [1.29, 1.82) is 10.8 Å². The Morgan fingerprint density at radius 1 is 0.960 bits per heavy atom. The van der Waals surface area contributed by atoms with E-state index >= 15 is 0 Å². The van der Waals surface area contributed by atoms with Gasteiger partial charge in [0.1, 0.15) is 13.1 Å². The van der Waals surface area contributed by atoms with Crippen molar-refractivity contribution in [3.63, 3.8) is 0 Å². The number of aliphatic carboxylic acids is 2. The predicted molar refractivity (Wildman–Crippen MR) is 74.2 cm³/mol. The van der Waals surface area contributed by atoms with Crippen LogP contribution >= 0.6 is 7.82 Å². The first-order valence-corrected chi connectivity index (χ1v) is 6.86. The Labute approximate surface area is 188 Å². The molecule has 0 heterocycles. The summed E-state index contributed by atoms with van der Waals surface area (Å²) in [6, 6.07) is 0. The van der Waals surface area contributed by atoms with Crippen LogP contribution in [0.15, 0.2) is 0 Å². The average molecular weight is 404 g/mol. The smallest absolute Gasteiger partial charge is 0.790 e. The van der Waals surface area contributed by atoms with Crippen molar-refractivity contribution >= 4 is 31.7 Å². The van der Waals surface area contributed by atoms with Crippen molar-refractivity contribution in [3.8, 4) is 0 Å². The quantitative estimate of drug-likeness (QED) is 0.0996. The van der Waals surface area contributed by atoms with Gasteiger partial charge in [-0.15, -0.1) is 0 Å². The van der Waals surface area contributed by atoms with Crippen LogP contribution in [-0.4, -0.2) is 75.9 Å². The Hall–Kier alpha value is -0.410. The summed E-state index contributed by atoms with van der Waals surface area (Å²) in [4.78, 5) is 46.4. The van der Waals surface area contributed by atoms with E-state index in [1.54, 1.807) is 0 Å². The molecular formula is C8H19N6Na2O8P. The third kappa shape index (κ3) is 45.2. The molecule has 0 atom stereocenters. The largest absolute Gasteiger partial charge is 1.00 e. The fraction of sp³-hybridized carbons (Fsp3) is 0.500. The van der Waals surface area contributed by atoms with Crippen LogP contribution in [0.25, 0.3) is 0 Å². The first kappa shape index (κ1) is 35.7. The summed E-state index contributed by atoms with van der Waals surface area (Å²) in [5, 5.41) is 29.7. The topological polar surface area (TPSA) is 264 Å². The molecule has 0 aromatic heterocycles. The van der Waals surface area contributed by atoms with Gasteiger partial charge in [-0.25, -0.2) is 0 Å². The second kappa shape index (κ2) is 18.4. The maximum Gasteiger partial charge on any atom is 1.00 e. The van der Waals surface area contributed by atoms with Crippen molar-refractivity contribution in [2.75, 3.05) is 27.2 Å². The molecular weight excluding hydrogens is 385 g/mol. The monoisotopic (exact) mass is 404 g/mol. The van der Waals surface area contributed by atoms with Crippen molar-refractivity contribution in [1.82, 2.24) is 9.80 Å². The van der Waals surface area contributed by atoms with E-state index in [9.17, 15) is 9.59 Å². The van der Waals surface area contributed by atoms with Gasteiger partial charge in [-0.1, -0.05) is 0 Å². The molecule has 0 aliphatic heterocycles. The molecule has 0 unspecified atom stereocenters. The van der Waals surface area contributed by atoms with Gasteiger partial charge in [0.15, 0.2) is 11.9 Å². The van der Waals surface area contributed by atoms with Crippen molar-refractivity contribution in [2.24, 2.45) is 11.5 Å². The van der Waals surface area contributed by atoms with Gasteiger partial charge in [-0.2, -0.15) is 0 Å². The van der Waals surface area contributed by atoms with Crippen LogP contribution < -0.4 is 80.4 Å². The predicted octanol–water partition coefficient (Wildman–Crippen LogP) is -10.4. The van der Waals surface area contributed by atoms with E-state index in [4.69, 9.17) is 51.7 Å². The van der Waals surface area contributed by atoms with Gasteiger partial charge in [-0.3, -0.25) is 20.4 Å². The summed E-state index contributed by atoms with van der Waals surface area (Å²) in [5.41, 5.74) is 9.86. The Morgan fingerprint density at radius 3 is 1.16 bits per heavy atom. The molecule has 14 nitrogen and oxygen atoms in total. The second-order valence-electron chi connectivity index (χ2n) is 3.74. The normalized spacial score (nSPS) is 8.52. The molecule has 0 radical (unpaired) electrons. The summed E-state index contributed by atoms with van der Waals surface area (Å²) < 4.78 is 8.66. The Bertz CT molecular complexity index is 435. The number of carbonyl (C=O) groups is 2. The zero-order valence-corrected chi connectivity index (χ0v) is 19.2. The fourth-order valence-electron chi connectivity index (χ4n) is 0.576. The standard InChI is InChI=1S/2C4H9N3O2.2Na.H3O4P/c2*1-7(4(5)6)2-3(8)9;;;1-5(2,3)4/h2*2H2,1H3,(H3,5,6)(H,8,9);;;(H3,1,2,3,4)/q;;2*+1;/p-2. The van der Waals surface area contributed by atoms with Crippen LogP contribution in [0.1, 0.15) is 0 Å². The summed E-state index contributed by atoms with van der Waals surface area (Å²) in [5.74, 6) is -2.46. The number of carboxylic acids is 2. The molecule has 0 amide bonds. The zero-order chi connectivity index (χ0) is 19.4. The molecule has 0 aliphatic rings. The molecule has 25 heavy (non-hydrogen) atoms. The SMILES string of the molecule is CN(CC(=O)O)C(=N)N.CN(CC(=O)O)C(=N)N.O=P([O-])([O-])O.[Na+].[Na+]. The molecule has 9 N–H and O–H groups in total. The number of guanidine groups is 2. The maximum absolute atomic E-state index is 9.92. The van der Waals surface area contributed by atoms with Crippen molar-refractivity contribution in [2.45, 2.75) is 0 Å². The number of nitrogens with two attached hydrogens (primary N) is 2. The third-order valence-corrected chi connectivity index (χ3v) is 1.57. The summed E-state index contributed by atoms with van der Waals surface area (Å²) in [6.07, 6.45) is 0. The first-order chi connectivity index (χ1) is 10.1. The number of hydrogen-bond donors (Lipinski definition) is 7. The molecule has 0 rings (SSSR count). The van der Waals surface area contributed by atoms with Gasteiger partial charge in [0, 0.05) is 14.1 Å². The maximum atomic E-state index is 9.92. The van der Waals surface area contributed by atoms with Crippen molar-refractivity contribution < 1.29 is 98.2 Å². The zero-order valence-electron chi connectivity index (χ0n) is 14.3. The second-order valence-corrected chi connectivity index (χ2v) is 4.68. The number of phosphoric acid groups is 1. The van der Waals surface area contributed by atoms with Gasteiger partial charge >= 0.3 is 71.1 Å². The minimum Gasteiger partial charge on any atom is -0.790 e. The molecule has 0 bridgehead atoms. The molecule has 136 valence electrons. The average Bonchev–Trinajstić information content (AvgIpc) is 2.25. The first-order valence-electron chi connectivity index (χ1n) is 5.36. The van der Waals surface area contributed by atoms with E-state index in [1.165, 1.54) is 14.1 Å².